The van der Waals surface area contributed by atoms with E-state index in [4.69, 9.17) is 15.8 Å². The van der Waals surface area contributed by atoms with E-state index in [0.29, 0.717) is 6.07 Å². The van der Waals surface area contributed by atoms with Crippen LogP contribution in [0.15, 0.2) is 21.7 Å². The smallest absolute Gasteiger partial charge is 0.296 e. The van der Waals surface area contributed by atoms with Crippen LogP contribution in [0.4, 0.5) is 0 Å². The maximum absolute atomic E-state index is 11.4. The Labute approximate surface area is 111 Å². The van der Waals surface area contributed by atoms with Crippen LogP contribution in [-0.4, -0.2) is 10.1 Å². The molecule has 0 aliphatic carbocycles. The molecule has 2 rings (SSSR count). The van der Waals surface area contributed by atoms with Crippen molar-refractivity contribution in [3.8, 4) is 24.0 Å². The van der Waals surface area contributed by atoms with Gasteiger partial charge in [0.15, 0.2) is 0 Å². The molecular weight excluding hydrogens is 260 g/mol. The Morgan fingerprint density at radius 3 is 2.20 bits per heavy atom. The molecule has 0 radical (unpaired) electrons. The van der Waals surface area contributed by atoms with Gasteiger partial charge in [-0.05, 0) is 6.07 Å². The number of nitrogens with one attached hydrogen (secondary N) is 1. The number of nitriles is 3. The average molecular weight is 264 g/mol. The molecule has 0 amide bonds. The van der Waals surface area contributed by atoms with Crippen molar-refractivity contribution in [2.45, 2.75) is 0 Å². The minimum atomic E-state index is -1.01. The van der Waals surface area contributed by atoms with Gasteiger partial charge >= 0.3 is 0 Å². The molecule has 7 heteroatoms. The summed E-state index contributed by atoms with van der Waals surface area (Å²) in [6.45, 7) is 0. The summed E-state index contributed by atoms with van der Waals surface area (Å²) in [4.78, 5) is 25.0. The third-order valence-corrected chi connectivity index (χ3v) is 2.67. The molecule has 2 aromatic rings. The lowest BCUT2D eigenvalue weighted by atomic mass is 9.98. The zero-order valence-electron chi connectivity index (χ0n) is 9.76. The molecule has 0 atom stereocenters. The van der Waals surface area contributed by atoms with E-state index in [1.807, 2.05) is 0 Å². The monoisotopic (exact) mass is 264 g/mol. The molecule has 1 aromatic heterocycles. The first-order chi connectivity index (χ1) is 9.53. The van der Waals surface area contributed by atoms with Crippen molar-refractivity contribution in [2.24, 2.45) is 0 Å². The molecule has 2 N–H and O–H groups in total. The third kappa shape index (κ3) is 1.74. The highest BCUT2D eigenvalue weighted by molar-refractivity contribution is 5.93. The number of aromatic amines is 1. The average Bonchev–Trinajstić information content (AvgIpc) is 2.54. The van der Waals surface area contributed by atoms with Crippen molar-refractivity contribution in [3.63, 3.8) is 0 Å². The second-order valence-corrected chi connectivity index (χ2v) is 3.78. The van der Waals surface area contributed by atoms with Crippen LogP contribution in [-0.2, 0) is 0 Å². The Morgan fingerprint density at radius 1 is 1.00 bits per heavy atom. The minimum absolute atomic E-state index is 0.0679. The molecule has 7 nitrogen and oxygen atoms in total. The molecule has 0 saturated carbocycles. The molecule has 1 aromatic carbocycles. The number of nitrogens with zero attached hydrogens (tertiary/aromatic N) is 3. The summed E-state index contributed by atoms with van der Waals surface area (Å²) in [5.74, 6) is -0.610. The lowest BCUT2D eigenvalue weighted by molar-refractivity contribution is 0.481. The Kier molecular flexibility index (Phi) is 2.93. The fraction of sp³-hybridized carbons (Fsp3) is 0. The quantitative estimate of drug-likeness (QED) is 0.651. The van der Waals surface area contributed by atoms with Crippen LogP contribution >= 0.6 is 0 Å². The Hall–Kier alpha value is -3.63. The van der Waals surface area contributed by atoms with Crippen molar-refractivity contribution in [2.75, 3.05) is 0 Å². The summed E-state index contributed by atoms with van der Waals surface area (Å²) in [5.41, 5.74) is -2.71. The van der Waals surface area contributed by atoms with Crippen LogP contribution in [0.1, 0.15) is 16.7 Å². The lowest BCUT2D eigenvalue weighted by Crippen LogP contribution is -2.22. The second kappa shape index (κ2) is 4.56. The van der Waals surface area contributed by atoms with Crippen molar-refractivity contribution in [3.05, 3.63) is 49.4 Å². The Balaban J connectivity index is 3.29. The summed E-state index contributed by atoms with van der Waals surface area (Å²) < 4.78 is 0. The summed E-state index contributed by atoms with van der Waals surface area (Å²) in [7, 11) is 0. The first-order valence-electron chi connectivity index (χ1n) is 5.21. The van der Waals surface area contributed by atoms with Gasteiger partial charge in [0.25, 0.3) is 5.56 Å². The van der Waals surface area contributed by atoms with Crippen molar-refractivity contribution in [1.82, 2.24) is 4.98 Å². The van der Waals surface area contributed by atoms with Crippen LogP contribution in [0.5, 0.6) is 5.75 Å². The highest BCUT2D eigenvalue weighted by Crippen LogP contribution is 2.28. The van der Waals surface area contributed by atoms with Crippen LogP contribution in [0.3, 0.4) is 0 Å². The van der Waals surface area contributed by atoms with Gasteiger partial charge in [0, 0.05) is 6.07 Å². The van der Waals surface area contributed by atoms with Crippen molar-refractivity contribution in [1.29, 1.82) is 15.8 Å². The van der Waals surface area contributed by atoms with Gasteiger partial charge in [-0.25, -0.2) is 0 Å². The molecule has 0 bridgehead atoms. The molecule has 0 unspecified atom stereocenters. The molecule has 0 spiro atoms. The van der Waals surface area contributed by atoms with Gasteiger partial charge in [-0.15, -0.1) is 0 Å². The van der Waals surface area contributed by atoms with E-state index < -0.39 is 16.7 Å². The Bertz CT molecular complexity index is 984. The van der Waals surface area contributed by atoms with E-state index in [1.165, 1.54) is 0 Å². The number of benzene rings is 1. The number of hydrogen-bond donors (Lipinski definition) is 2. The number of rotatable bonds is 0. The maximum Gasteiger partial charge on any atom is 0.296 e. The van der Waals surface area contributed by atoms with Gasteiger partial charge < -0.3 is 10.1 Å². The molecule has 0 aliphatic heterocycles. The Morgan fingerprint density at radius 2 is 1.65 bits per heavy atom. The maximum atomic E-state index is 11.4. The summed E-state index contributed by atoms with van der Waals surface area (Å²) >= 11 is 0. The molecule has 0 aliphatic rings. The third-order valence-electron chi connectivity index (χ3n) is 2.67. The SMILES string of the molecule is N#Cc1cc2[nH]c(=O)c(=O)cc(O)c2c(C#N)c1C#N. The van der Waals surface area contributed by atoms with Crippen LogP contribution in [0, 0.1) is 34.0 Å². The van der Waals surface area contributed by atoms with E-state index in [2.05, 4.69) is 4.98 Å². The first-order valence-corrected chi connectivity index (χ1v) is 5.21. The second-order valence-electron chi connectivity index (χ2n) is 3.78. The zero-order chi connectivity index (χ0) is 14.9. The standard InChI is InChI=1S/C13H4N4O3/c14-3-6-1-9-12(8(5-16)7(6)4-15)10(18)2-11(19)13(20)17-9/h1-2,18H,(H,17,19,20). The number of H-pyrrole nitrogens is 1. The van der Waals surface area contributed by atoms with Gasteiger partial charge in [0.1, 0.15) is 24.0 Å². The fourth-order valence-corrected chi connectivity index (χ4v) is 1.81. The first kappa shape index (κ1) is 12.8. The molecule has 0 fully saturated rings. The van der Waals surface area contributed by atoms with Crippen molar-refractivity contribution < 1.29 is 5.11 Å². The normalized spacial score (nSPS) is 9.45. The highest BCUT2D eigenvalue weighted by atomic mass is 16.3. The molecule has 0 saturated heterocycles. The van der Waals surface area contributed by atoms with Gasteiger partial charge in [-0.2, -0.15) is 15.8 Å². The van der Waals surface area contributed by atoms with E-state index in [0.717, 1.165) is 6.07 Å². The minimum Gasteiger partial charge on any atom is -0.507 e. The zero-order valence-corrected chi connectivity index (χ0v) is 9.76. The topological polar surface area (TPSA) is 142 Å². The van der Waals surface area contributed by atoms with Gasteiger partial charge in [-0.1, -0.05) is 0 Å². The van der Waals surface area contributed by atoms with Gasteiger partial charge in [0.05, 0.1) is 27.6 Å². The van der Waals surface area contributed by atoms with E-state index in [-0.39, 0.29) is 27.6 Å². The van der Waals surface area contributed by atoms with Crippen molar-refractivity contribution >= 4 is 10.9 Å². The highest BCUT2D eigenvalue weighted by Gasteiger charge is 2.16. The predicted octanol–water partition coefficient (Wildman–Crippen LogP) is 0.209. The number of aromatic nitrogens is 1. The van der Waals surface area contributed by atoms with Gasteiger partial charge in [-0.3, -0.25) is 9.59 Å². The molecular formula is C13H4N4O3. The van der Waals surface area contributed by atoms with Crippen LogP contribution in [0.2, 0.25) is 0 Å². The van der Waals surface area contributed by atoms with E-state index >= 15 is 0 Å². The largest absolute Gasteiger partial charge is 0.507 e. The number of aromatic hydroxyl groups is 1. The van der Waals surface area contributed by atoms with E-state index in [1.54, 1.807) is 18.2 Å². The van der Waals surface area contributed by atoms with Gasteiger partial charge in [0.2, 0.25) is 5.43 Å². The van der Waals surface area contributed by atoms with Crippen LogP contribution < -0.4 is 11.0 Å². The summed E-state index contributed by atoms with van der Waals surface area (Å²) in [5, 5.41) is 36.8. The number of fused-ring (bicyclic) bond motifs is 1. The summed E-state index contributed by atoms with van der Waals surface area (Å²) in [6.07, 6.45) is 0. The predicted molar refractivity (Wildman–Crippen MR) is 66.6 cm³/mol. The number of hydrogen-bond acceptors (Lipinski definition) is 6. The molecule has 20 heavy (non-hydrogen) atoms. The summed E-state index contributed by atoms with van der Waals surface area (Å²) in [6, 6.07) is 6.92. The lowest BCUT2D eigenvalue weighted by Gasteiger charge is -2.02. The van der Waals surface area contributed by atoms with E-state index in [9.17, 15) is 14.7 Å². The molecule has 1 heterocycles. The fourth-order valence-electron chi connectivity index (χ4n) is 1.81. The van der Waals surface area contributed by atoms with Crippen LogP contribution in [0.25, 0.3) is 10.9 Å². The molecule has 94 valence electrons.